The fourth-order valence-corrected chi connectivity index (χ4v) is 1.86. The molecule has 0 atom stereocenters. The summed E-state index contributed by atoms with van der Waals surface area (Å²) in [6.07, 6.45) is -4.73. The predicted molar refractivity (Wildman–Crippen MR) is 71.9 cm³/mol. The third-order valence-corrected chi connectivity index (χ3v) is 2.84. The molecule has 2 aromatic carbocycles. The highest BCUT2D eigenvalue weighted by Gasteiger charge is 2.31. The fourth-order valence-electron chi connectivity index (χ4n) is 1.66. The summed E-state index contributed by atoms with van der Waals surface area (Å²) in [6, 6.07) is 9.65. The number of halogens is 5. The van der Waals surface area contributed by atoms with Crippen LogP contribution in [0.3, 0.4) is 0 Å². The molecule has 0 saturated heterocycles. The molecule has 0 spiro atoms. The van der Waals surface area contributed by atoms with Crippen LogP contribution in [-0.4, -0.2) is 6.36 Å². The molecule has 7 heteroatoms. The van der Waals surface area contributed by atoms with Crippen LogP contribution in [0.2, 0.25) is 5.02 Å². The Morgan fingerprint density at radius 2 is 1.86 bits per heavy atom. The Hall–Kier alpha value is -1.95. The van der Waals surface area contributed by atoms with Gasteiger partial charge in [-0.05, 0) is 29.8 Å². The van der Waals surface area contributed by atoms with Gasteiger partial charge in [-0.25, -0.2) is 4.39 Å². The van der Waals surface area contributed by atoms with Gasteiger partial charge in [-0.2, -0.15) is 0 Å². The molecule has 21 heavy (non-hydrogen) atoms. The number of anilines is 1. The molecule has 0 aliphatic carbocycles. The minimum Gasteiger partial charge on any atom is -0.406 e. The smallest absolute Gasteiger partial charge is 0.406 e. The Labute approximate surface area is 123 Å². The second-order valence-electron chi connectivity index (χ2n) is 4.18. The van der Waals surface area contributed by atoms with Crippen LogP contribution in [0.4, 0.5) is 23.2 Å². The summed E-state index contributed by atoms with van der Waals surface area (Å²) < 4.78 is 53.2. The molecule has 0 bridgehead atoms. The first-order chi connectivity index (χ1) is 9.83. The average Bonchev–Trinajstić information content (AvgIpc) is 2.39. The molecule has 2 aromatic rings. The molecule has 0 unspecified atom stereocenters. The average molecular weight is 320 g/mol. The van der Waals surface area contributed by atoms with E-state index in [1.54, 1.807) is 6.07 Å². The van der Waals surface area contributed by atoms with Gasteiger partial charge in [-0.15, -0.1) is 13.2 Å². The van der Waals surface area contributed by atoms with E-state index in [-0.39, 0.29) is 17.3 Å². The third kappa shape index (κ3) is 4.82. The maximum absolute atomic E-state index is 13.0. The molecule has 0 aromatic heterocycles. The van der Waals surface area contributed by atoms with Gasteiger partial charge in [0.05, 0.1) is 5.02 Å². The van der Waals surface area contributed by atoms with E-state index in [4.69, 9.17) is 11.6 Å². The molecule has 0 aliphatic rings. The summed E-state index contributed by atoms with van der Waals surface area (Å²) in [4.78, 5) is 0. The second kappa shape index (κ2) is 6.22. The highest BCUT2D eigenvalue weighted by Crippen LogP contribution is 2.25. The minimum atomic E-state index is -4.73. The predicted octanol–water partition coefficient (Wildman–Crippen LogP) is 4.99. The number of rotatable bonds is 4. The summed E-state index contributed by atoms with van der Waals surface area (Å²) in [6.45, 7) is 0.287. The van der Waals surface area contributed by atoms with E-state index in [9.17, 15) is 17.6 Å². The van der Waals surface area contributed by atoms with Crippen LogP contribution in [0.5, 0.6) is 5.75 Å². The Morgan fingerprint density at radius 1 is 1.10 bits per heavy atom. The van der Waals surface area contributed by atoms with Gasteiger partial charge in [0.25, 0.3) is 0 Å². The van der Waals surface area contributed by atoms with Gasteiger partial charge in [0, 0.05) is 18.3 Å². The molecule has 0 heterocycles. The Morgan fingerprint density at radius 3 is 2.52 bits per heavy atom. The molecule has 0 saturated carbocycles. The number of hydrogen-bond donors (Lipinski definition) is 1. The molecular formula is C14H10ClF4NO. The van der Waals surface area contributed by atoms with Gasteiger partial charge >= 0.3 is 6.36 Å². The number of benzene rings is 2. The molecule has 0 radical (unpaired) electrons. The van der Waals surface area contributed by atoms with Gasteiger partial charge in [-0.3, -0.25) is 0 Å². The minimum absolute atomic E-state index is 0.0107. The van der Waals surface area contributed by atoms with Crippen molar-refractivity contribution in [3.05, 3.63) is 58.9 Å². The summed E-state index contributed by atoms with van der Waals surface area (Å²) in [5, 5.41) is 2.89. The zero-order valence-electron chi connectivity index (χ0n) is 10.5. The largest absolute Gasteiger partial charge is 0.573 e. The zero-order valence-corrected chi connectivity index (χ0v) is 11.3. The monoisotopic (exact) mass is 319 g/mol. The van der Waals surface area contributed by atoms with E-state index in [1.165, 1.54) is 36.4 Å². The molecule has 1 N–H and O–H groups in total. The lowest BCUT2D eigenvalue weighted by atomic mass is 10.2. The van der Waals surface area contributed by atoms with Gasteiger partial charge in [0.1, 0.15) is 11.6 Å². The van der Waals surface area contributed by atoms with Gasteiger partial charge in [-0.1, -0.05) is 23.7 Å². The molecule has 0 fully saturated rings. The first-order valence-corrected chi connectivity index (χ1v) is 6.25. The summed E-state index contributed by atoms with van der Waals surface area (Å²) in [5.74, 6) is -0.842. The highest BCUT2D eigenvalue weighted by molar-refractivity contribution is 6.30. The summed E-state index contributed by atoms with van der Waals surface area (Å²) in [5.41, 5.74) is 1.14. The van der Waals surface area contributed by atoms with Crippen molar-refractivity contribution in [2.24, 2.45) is 0 Å². The molecule has 0 aliphatic heterocycles. The number of alkyl halides is 3. The maximum atomic E-state index is 13.0. The van der Waals surface area contributed by atoms with E-state index >= 15 is 0 Å². The topological polar surface area (TPSA) is 21.3 Å². The number of ether oxygens (including phenoxy) is 1. The van der Waals surface area contributed by atoms with Crippen LogP contribution in [-0.2, 0) is 6.54 Å². The maximum Gasteiger partial charge on any atom is 0.573 e. The highest BCUT2D eigenvalue weighted by atomic mass is 35.5. The molecule has 2 nitrogen and oxygen atoms in total. The lowest BCUT2D eigenvalue weighted by Gasteiger charge is -2.11. The van der Waals surface area contributed by atoms with E-state index in [2.05, 4.69) is 10.1 Å². The normalized spacial score (nSPS) is 11.3. The fraction of sp³-hybridized carbons (Fsp3) is 0.143. The van der Waals surface area contributed by atoms with Crippen molar-refractivity contribution in [3.8, 4) is 5.75 Å². The van der Waals surface area contributed by atoms with Crippen LogP contribution in [0.25, 0.3) is 0 Å². The summed E-state index contributed by atoms with van der Waals surface area (Å²) >= 11 is 5.65. The number of nitrogens with one attached hydrogen (secondary N) is 1. The quantitative estimate of drug-likeness (QED) is 0.802. The van der Waals surface area contributed by atoms with Crippen molar-refractivity contribution in [3.63, 3.8) is 0 Å². The lowest BCUT2D eigenvalue weighted by molar-refractivity contribution is -0.274. The van der Waals surface area contributed by atoms with Gasteiger partial charge in [0.15, 0.2) is 0 Å². The van der Waals surface area contributed by atoms with Crippen molar-refractivity contribution in [1.29, 1.82) is 0 Å². The van der Waals surface area contributed by atoms with Crippen LogP contribution >= 0.6 is 11.6 Å². The van der Waals surface area contributed by atoms with Crippen molar-refractivity contribution < 1.29 is 22.3 Å². The lowest BCUT2D eigenvalue weighted by Crippen LogP contribution is -2.17. The summed E-state index contributed by atoms with van der Waals surface area (Å²) in [7, 11) is 0. The zero-order chi connectivity index (χ0) is 15.5. The van der Waals surface area contributed by atoms with E-state index in [1.807, 2.05) is 0 Å². The SMILES string of the molecule is Fc1ccc(CNc2cccc(OC(F)(F)F)c2)cc1Cl. The van der Waals surface area contributed by atoms with Crippen LogP contribution in [0.1, 0.15) is 5.56 Å². The number of hydrogen-bond acceptors (Lipinski definition) is 2. The van der Waals surface area contributed by atoms with Gasteiger partial charge in [0.2, 0.25) is 0 Å². The first kappa shape index (κ1) is 15.4. The van der Waals surface area contributed by atoms with Gasteiger partial charge < -0.3 is 10.1 Å². The van der Waals surface area contributed by atoms with Crippen LogP contribution in [0, 0.1) is 5.82 Å². The Kier molecular flexibility index (Phi) is 4.57. The Balaban J connectivity index is 2.03. The standard InChI is InChI=1S/C14H10ClF4NO/c15-12-6-9(4-5-13(12)16)8-20-10-2-1-3-11(7-10)21-14(17,18)19/h1-7,20H,8H2. The molecule has 0 amide bonds. The van der Waals surface area contributed by atoms with Crippen molar-refractivity contribution in [2.75, 3.05) is 5.32 Å². The van der Waals surface area contributed by atoms with E-state index < -0.39 is 12.2 Å². The molecule has 112 valence electrons. The van der Waals surface area contributed by atoms with Crippen molar-refractivity contribution >= 4 is 17.3 Å². The molecule has 2 rings (SSSR count). The van der Waals surface area contributed by atoms with Crippen LogP contribution < -0.4 is 10.1 Å². The van der Waals surface area contributed by atoms with E-state index in [0.717, 1.165) is 0 Å². The Bertz CT molecular complexity index is 631. The van der Waals surface area contributed by atoms with E-state index in [0.29, 0.717) is 11.3 Å². The van der Waals surface area contributed by atoms with Crippen LogP contribution in [0.15, 0.2) is 42.5 Å². The van der Waals surface area contributed by atoms with Crippen molar-refractivity contribution in [1.82, 2.24) is 0 Å². The van der Waals surface area contributed by atoms with Crippen molar-refractivity contribution in [2.45, 2.75) is 12.9 Å². The first-order valence-electron chi connectivity index (χ1n) is 5.87. The molecular weight excluding hydrogens is 310 g/mol. The third-order valence-electron chi connectivity index (χ3n) is 2.55. The second-order valence-corrected chi connectivity index (χ2v) is 4.58.